The molecule has 1 fully saturated rings. The summed E-state index contributed by atoms with van der Waals surface area (Å²) in [6.45, 7) is -2.99. The van der Waals surface area contributed by atoms with Crippen molar-refractivity contribution in [3.05, 3.63) is 12.7 Å². The van der Waals surface area contributed by atoms with Gasteiger partial charge in [-0.05, 0) is 24.6 Å². The Morgan fingerprint density at radius 3 is 2.96 bits per heavy atom. The van der Waals surface area contributed by atoms with Crippen LogP contribution >= 0.6 is 6.49 Å². The number of hydrogen-bond acceptors (Lipinski definition) is 10. The highest BCUT2D eigenvalue weighted by atomic mass is 32.5. The summed E-state index contributed by atoms with van der Waals surface area (Å²) in [5.41, 5.74) is 6.26. The van der Waals surface area contributed by atoms with Gasteiger partial charge in [-0.1, -0.05) is 0 Å². The Balaban J connectivity index is 1.66. The zero-order valence-electron chi connectivity index (χ0n) is 13.7. The number of aromatic nitrogens is 4. The van der Waals surface area contributed by atoms with Crippen LogP contribution in [0, 0.1) is 0 Å². The van der Waals surface area contributed by atoms with E-state index in [0.29, 0.717) is 17.0 Å². The first kappa shape index (κ1) is 18.2. The Bertz CT molecular complexity index is 830. The fourth-order valence-corrected chi connectivity index (χ4v) is 3.92. The molecule has 12 heteroatoms. The molecule has 3 rings (SSSR count). The Hall–Kier alpha value is -1.65. The van der Waals surface area contributed by atoms with Crippen LogP contribution in [0.25, 0.3) is 11.2 Å². The minimum absolute atomic E-state index is 0.139. The minimum Gasteiger partial charge on any atom is -0.462 e. The van der Waals surface area contributed by atoms with Gasteiger partial charge in [0, 0.05) is 7.11 Å². The maximum atomic E-state index is 11.7. The number of hydrogen-bond donors (Lipinski definition) is 1. The Morgan fingerprint density at radius 1 is 1.44 bits per heavy atom. The summed E-state index contributed by atoms with van der Waals surface area (Å²) in [7, 11) is 2.57. The molecule has 2 aromatic rings. The van der Waals surface area contributed by atoms with Crippen molar-refractivity contribution >= 4 is 41.0 Å². The van der Waals surface area contributed by atoms with Gasteiger partial charge in [-0.15, -0.1) is 0 Å². The van der Waals surface area contributed by atoms with Gasteiger partial charge in [0.15, 0.2) is 11.5 Å². The van der Waals surface area contributed by atoms with Crippen LogP contribution in [0.1, 0.15) is 19.1 Å². The molecule has 10 nitrogen and oxygen atoms in total. The molecular formula is C13H18N5O5PS. The number of carbonyl (C=O) groups is 1. The SMILES string of the molecule is COC(=O)P(=S)(OC)OC[C@@H]1CC[C@H](n2cnc3c(N)ncnc32)O1. The van der Waals surface area contributed by atoms with Crippen molar-refractivity contribution in [2.24, 2.45) is 0 Å². The second-order valence-electron chi connectivity index (χ2n) is 5.32. The Morgan fingerprint density at radius 2 is 2.24 bits per heavy atom. The zero-order valence-corrected chi connectivity index (χ0v) is 15.4. The molecule has 25 heavy (non-hydrogen) atoms. The van der Waals surface area contributed by atoms with Crippen molar-refractivity contribution in [3.63, 3.8) is 0 Å². The molecule has 0 spiro atoms. The summed E-state index contributed by atoms with van der Waals surface area (Å²) in [5, 5.41) is 0. The first-order valence-electron chi connectivity index (χ1n) is 7.45. The second-order valence-corrected chi connectivity index (χ2v) is 8.74. The predicted octanol–water partition coefficient (Wildman–Crippen LogP) is 1.82. The molecule has 3 heterocycles. The average molecular weight is 387 g/mol. The molecule has 2 aromatic heterocycles. The van der Waals surface area contributed by atoms with Crippen molar-refractivity contribution in [3.8, 4) is 0 Å². The highest BCUT2D eigenvalue weighted by molar-refractivity contribution is 8.17. The smallest absolute Gasteiger partial charge is 0.390 e. The van der Waals surface area contributed by atoms with Crippen LogP contribution in [0.4, 0.5) is 10.6 Å². The summed E-state index contributed by atoms with van der Waals surface area (Å²) >= 11 is 5.14. The third kappa shape index (κ3) is 3.51. The van der Waals surface area contributed by atoms with E-state index in [4.69, 9.17) is 31.3 Å². The molecule has 2 N–H and O–H groups in total. The van der Waals surface area contributed by atoms with Crippen LogP contribution < -0.4 is 5.73 Å². The van der Waals surface area contributed by atoms with E-state index < -0.39 is 12.2 Å². The Kier molecular flexibility index (Phi) is 5.30. The van der Waals surface area contributed by atoms with Gasteiger partial charge < -0.3 is 24.3 Å². The fraction of sp³-hybridized carbons (Fsp3) is 0.538. The molecule has 136 valence electrons. The van der Waals surface area contributed by atoms with Crippen molar-refractivity contribution < 1.29 is 23.3 Å². The third-order valence-corrected chi connectivity index (χ3v) is 6.66. The number of ether oxygens (including phenoxy) is 2. The molecular weight excluding hydrogens is 369 g/mol. The van der Waals surface area contributed by atoms with Crippen LogP contribution in [-0.2, 0) is 30.3 Å². The maximum absolute atomic E-state index is 11.7. The largest absolute Gasteiger partial charge is 0.462 e. The van der Waals surface area contributed by atoms with Gasteiger partial charge in [-0.25, -0.2) is 19.7 Å². The van der Waals surface area contributed by atoms with Crippen LogP contribution in [0.3, 0.4) is 0 Å². The number of nitrogens with zero attached hydrogens (tertiary/aromatic N) is 4. The summed E-state index contributed by atoms with van der Waals surface area (Å²) in [4.78, 5) is 24.0. The van der Waals surface area contributed by atoms with E-state index >= 15 is 0 Å². The summed E-state index contributed by atoms with van der Waals surface area (Å²) in [6, 6.07) is 0. The van der Waals surface area contributed by atoms with Crippen molar-refractivity contribution in [1.29, 1.82) is 0 Å². The lowest BCUT2D eigenvalue weighted by Gasteiger charge is -2.20. The lowest BCUT2D eigenvalue weighted by molar-refractivity contribution is -0.0160. The molecule has 1 aliphatic heterocycles. The minimum atomic E-state index is -3.13. The Labute approximate surface area is 148 Å². The molecule has 1 saturated heterocycles. The number of fused-ring (bicyclic) bond motifs is 1. The van der Waals surface area contributed by atoms with E-state index in [2.05, 4.69) is 19.7 Å². The van der Waals surface area contributed by atoms with Crippen molar-refractivity contribution in [2.75, 3.05) is 26.6 Å². The fourth-order valence-electron chi connectivity index (χ4n) is 2.57. The predicted molar refractivity (Wildman–Crippen MR) is 92.5 cm³/mol. The number of nitrogens with two attached hydrogens (primary N) is 1. The van der Waals surface area contributed by atoms with Gasteiger partial charge in [0.1, 0.15) is 18.1 Å². The highest BCUT2D eigenvalue weighted by Gasteiger charge is 2.34. The van der Waals surface area contributed by atoms with E-state index in [1.54, 1.807) is 10.9 Å². The van der Waals surface area contributed by atoms with Gasteiger partial charge in [0.05, 0.1) is 26.1 Å². The standard InChI is InChI=1S/C13H18N5O5PS/c1-20-13(19)24(25,21-2)22-5-8-3-4-9(23-8)18-7-17-10-11(14)15-6-16-12(10)18/h6-9H,3-5H2,1-2H3,(H2,14,15,16)/t8-,9+,24?/m0/s1. The molecule has 1 aliphatic rings. The molecule has 0 aliphatic carbocycles. The topological polar surface area (TPSA) is 124 Å². The van der Waals surface area contributed by atoms with Gasteiger partial charge >= 0.3 is 5.71 Å². The lowest BCUT2D eigenvalue weighted by Crippen LogP contribution is -2.18. The number of methoxy groups -OCH3 is 1. The van der Waals surface area contributed by atoms with E-state index in [1.165, 1.54) is 20.5 Å². The summed E-state index contributed by atoms with van der Waals surface area (Å²) < 4.78 is 23.0. The normalized spacial score (nSPS) is 22.8. The van der Waals surface area contributed by atoms with Crippen LogP contribution in [0.5, 0.6) is 0 Å². The molecule has 0 amide bonds. The van der Waals surface area contributed by atoms with Crippen LogP contribution in [0.2, 0.25) is 0 Å². The molecule has 3 atom stereocenters. The zero-order chi connectivity index (χ0) is 18.0. The number of anilines is 1. The van der Waals surface area contributed by atoms with Gasteiger partial charge in [0.2, 0.25) is 0 Å². The molecule has 0 radical (unpaired) electrons. The summed E-state index contributed by atoms with van der Waals surface area (Å²) in [5.74, 6) is 0.320. The van der Waals surface area contributed by atoms with E-state index in [9.17, 15) is 4.79 Å². The number of nitrogen functional groups attached to an aromatic ring is 1. The van der Waals surface area contributed by atoms with Crippen molar-refractivity contribution in [1.82, 2.24) is 19.5 Å². The maximum Gasteiger partial charge on any atom is 0.390 e. The molecule has 0 aromatic carbocycles. The van der Waals surface area contributed by atoms with Crippen LogP contribution in [0.15, 0.2) is 12.7 Å². The molecule has 0 bridgehead atoms. The van der Waals surface area contributed by atoms with Gasteiger partial charge in [-0.2, -0.15) is 0 Å². The monoisotopic (exact) mass is 387 g/mol. The quantitative estimate of drug-likeness (QED) is 0.734. The molecule has 0 saturated carbocycles. The molecule has 1 unspecified atom stereocenters. The van der Waals surface area contributed by atoms with E-state index in [0.717, 1.165) is 12.8 Å². The number of rotatable bonds is 6. The van der Waals surface area contributed by atoms with E-state index in [-0.39, 0.29) is 18.9 Å². The first-order valence-corrected chi connectivity index (χ1v) is 10.1. The highest BCUT2D eigenvalue weighted by Crippen LogP contribution is 2.50. The lowest BCUT2D eigenvalue weighted by atomic mass is 10.2. The average Bonchev–Trinajstić information content (AvgIpc) is 3.26. The summed E-state index contributed by atoms with van der Waals surface area (Å²) in [6.07, 6.45) is 3.98. The third-order valence-electron chi connectivity index (χ3n) is 3.85. The number of imidazole rings is 1. The van der Waals surface area contributed by atoms with Gasteiger partial charge in [0.25, 0.3) is 6.49 Å². The number of carbonyl (C=O) groups excluding carboxylic acids is 1. The van der Waals surface area contributed by atoms with Crippen molar-refractivity contribution in [2.45, 2.75) is 25.2 Å². The van der Waals surface area contributed by atoms with Crippen LogP contribution in [-0.4, -0.2) is 52.2 Å². The first-order chi connectivity index (χ1) is 12.0. The van der Waals surface area contributed by atoms with E-state index in [1.807, 2.05) is 0 Å². The van der Waals surface area contributed by atoms with Gasteiger partial charge in [-0.3, -0.25) is 4.57 Å². The second kappa shape index (κ2) is 7.30.